The molecule has 0 saturated carbocycles. The Balaban J connectivity index is 2.01. The van der Waals surface area contributed by atoms with Crippen LogP contribution in [0.4, 0.5) is 18.9 Å². The molecule has 0 atom stereocenters. The van der Waals surface area contributed by atoms with E-state index >= 15 is 0 Å². The molecule has 0 spiro atoms. The van der Waals surface area contributed by atoms with E-state index in [1.54, 1.807) is 0 Å². The van der Waals surface area contributed by atoms with Crippen LogP contribution in [0.3, 0.4) is 0 Å². The predicted molar refractivity (Wildman–Crippen MR) is 58.5 cm³/mol. The van der Waals surface area contributed by atoms with Crippen LogP contribution in [0.2, 0.25) is 0 Å². The van der Waals surface area contributed by atoms with Crippen molar-refractivity contribution in [3.8, 4) is 0 Å². The number of hydrogen-bond acceptors (Lipinski definition) is 2. The summed E-state index contributed by atoms with van der Waals surface area (Å²) in [6.07, 6.45) is -4.85. The van der Waals surface area contributed by atoms with Crippen molar-refractivity contribution < 1.29 is 13.2 Å². The first-order chi connectivity index (χ1) is 7.58. The highest BCUT2D eigenvalue weighted by molar-refractivity contribution is 5.42. The van der Waals surface area contributed by atoms with Crippen LogP contribution in [0.1, 0.15) is 6.42 Å². The molecule has 0 aliphatic carbocycles. The molecule has 0 amide bonds. The number of anilines is 1. The maximum absolute atomic E-state index is 11.8. The fraction of sp³-hybridized carbons (Fsp3) is 0.455. The molecule has 0 aliphatic rings. The third kappa shape index (κ3) is 6.29. The summed E-state index contributed by atoms with van der Waals surface area (Å²) in [4.78, 5) is 0. The number of nitrogens with one attached hydrogen (secondary N) is 2. The van der Waals surface area contributed by atoms with Gasteiger partial charge in [-0.3, -0.25) is 0 Å². The van der Waals surface area contributed by atoms with Gasteiger partial charge in [-0.15, -0.1) is 0 Å². The normalized spacial score (nSPS) is 11.4. The highest BCUT2D eigenvalue weighted by Gasteiger charge is 2.25. The number of halogens is 3. The largest absolute Gasteiger partial charge is 0.390 e. The van der Waals surface area contributed by atoms with Gasteiger partial charge in [0.15, 0.2) is 0 Å². The van der Waals surface area contributed by atoms with Crippen LogP contribution in [0, 0.1) is 0 Å². The minimum atomic E-state index is -4.07. The first kappa shape index (κ1) is 12.8. The number of alkyl halides is 3. The number of rotatable bonds is 6. The Kier molecular flexibility index (Phi) is 5.11. The Hall–Kier alpha value is -1.23. The van der Waals surface area contributed by atoms with Crippen molar-refractivity contribution in [1.82, 2.24) is 5.32 Å². The Labute approximate surface area is 92.9 Å². The molecule has 0 fully saturated rings. The standard InChI is InChI=1S/C11H15F3N2/c12-11(13,14)6-7-15-8-9-16-10-4-2-1-3-5-10/h1-5,15-16H,6-9H2. The second kappa shape index (κ2) is 6.37. The fourth-order valence-corrected chi connectivity index (χ4v) is 1.21. The molecule has 1 rings (SSSR count). The summed E-state index contributed by atoms with van der Waals surface area (Å²) in [5.41, 5.74) is 0.972. The van der Waals surface area contributed by atoms with Crippen molar-refractivity contribution in [1.29, 1.82) is 0 Å². The maximum Gasteiger partial charge on any atom is 0.390 e. The van der Waals surface area contributed by atoms with E-state index in [-0.39, 0.29) is 6.54 Å². The van der Waals surface area contributed by atoms with E-state index in [9.17, 15) is 13.2 Å². The third-order valence-corrected chi connectivity index (χ3v) is 1.99. The van der Waals surface area contributed by atoms with E-state index in [2.05, 4.69) is 10.6 Å². The van der Waals surface area contributed by atoms with Gasteiger partial charge in [-0.2, -0.15) is 13.2 Å². The van der Waals surface area contributed by atoms with E-state index in [1.807, 2.05) is 30.3 Å². The molecule has 90 valence electrons. The molecular formula is C11H15F3N2. The van der Waals surface area contributed by atoms with Crippen molar-refractivity contribution in [3.05, 3.63) is 30.3 Å². The second-order valence-electron chi connectivity index (χ2n) is 3.41. The number of hydrogen-bond donors (Lipinski definition) is 2. The quantitative estimate of drug-likeness (QED) is 0.737. The smallest absolute Gasteiger partial charge is 0.384 e. The van der Waals surface area contributed by atoms with Gasteiger partial charge < -0.3 is 10.6 Å². The van der Waals surface area contributed by atoms with Crippen molar-refractivity contribution >= 4 is 5.69 Å². The summed E-state index contributed by atoms with van der Waals surface area (Å²) in [7, 11) is 0. The van der Waals surface area contributed by atoms with Crippen LogP contribution in [-0.2, 0) is 0 Å². The molecule has 0 unspecified atom stereocenters. The van der Waals surface area contributed by atoms with Crippen LogP contribution in [0.15, 0.2) is 30.3 Å². The van der Waals surface area contributed by atoms with Crippen molar-refractivity contribution in [2.45, 2.75) is 12.6 Å². The van der Waals surface area contributed by atoms with Crippen LogP contribution in [0.5, 0.6) is 0 Å². The molecule has 5 heteroatoms. The monoisotopic (exact) mass is 232 g/mol. The van der Waals surface area contributed by atoms with E-state index in [0.29, 0.717) is 13.1 Å². The van der Waals surface area contributed by atoms with Gasteiger partial charge in [0.05, 0.1) is 6.42 Å². The van der Waals surface area contributed by atoms with Crippen molar-refractivity contribution in [2.75, 3.05) is 25.0 Å². The molecule has 16 heavy (non-hydrogen) atoms. The first-order valence-electron chi connectivity index (χ1n) is 5.14. The van der Waals surface area contributed by atoms with Gasteiger partial charge >= 0.3 is 6.18 Å². The zero-order valence-corrected chi connectivity index (χ0v) is 8.85. The fourth-order valence-electron chi connectivity index (χ4n) is 1.21. The van der Waals surface area contributed by atoms with Crippen LogP contribution in [-0.4, -0.2) is 25.8 Å². The SMILES string of the molecule is FC(F)(F)CCNCCNc1ccccc1. The lowest BCUT2D eigenvalue weighted by Gasteiger charge is -2.09. The van der Waals surface area contributed by atoms with E-state index < -0.39 is 12.6 Å². The van der Waals surface area contributed by atoms with E-state index in [0.717, 1.165) is 5.69 Å². The molecule has 2 N–H and O–H groups in total. The number of benzene rings is 1. The summed E-state index contributed by atoms with van der Waals surface area (Å²) in [5, 5.41) is 5.83. The van der Waals surface area contributed by atoms with Gasteiger partial charge in [0.1, 0.15) is 0 Å². The topological polar surface area (TPSA) is 24.1 Å². The summed E-state index contributed by atoms with van der Waals surface area (Å²) in [5.74, 6) is 0. The zero-order chi connectivity index (χ0) is 11.9. The molecule has 0 aliphatic heterocycles. The average molecular weight is 232 g/mol. The Morgan fingerprint density at radius 2 is 1.62 bits per heavy atom. The molecule has 0 radical (unpaired) electrons. The minimum Gasteiger partial charge on any atom is -0.384 e. The van der Waals surface area contributed by atoms with Crippen LogP contribution < -0.4 is 10.6 Å². The van der Waals surface area contributed by atoms with Gasteiger partial charge in [0, 0.05) is 25.3 Å². The van der Waals surface area contributed by atoms with E-state index in [1.165, 1.54) is 0 Å². The minimum absolute atomic E-state index is 0.0278. The lowest BCUT2D eigenvalue weighted by Crippen LogP contribution is -2.26. The van der Waals surface area contributed by atoms with Gasteiger partial charge in [-0.1, -0.05) is 18.2 Å². The predicted octanol–water partition coefficient (Wildman–Crippen LogP) is 2.64. The summed E-state index contributed by atoms with van der Waals surface area (Å²) < 4.78 is 35.3. The highest BCUT2D eigenvalue weighted by atomic mass is 19.4. The van der Waals surface area contributed by atoms with Crippen molar-refractivity contribution in [3.63, 3.8) is 0 Å². The molecule has 1 aromatic rings. The summed E-state index contributed by atoms with van der Waals surface area (Å²) >= 11 is 0. The highest BCUT2D eigenvalue weighted by Crippen LogP contribution is 2.17. The summed E-state index contributed by atoms with van der Waals surface area (Å²) in [6, 6.07) is 9.54. The van der Waals surface area contributed by atoms with Gasteiger partial charge in [-0.25, -0.2) is 0 Å². The van der Waals surface area contributed by atoms with Gasteiger partial charge in [-0.05, 0) is 12.1 Å². The van der Waals surface area contributed by atoms with Gasteiger partial charge in [0.25, 0.3) is 0 Å². The van der Waals surface area contributed by atoms with Crippen LogP contribution >= 0.6 is 0 Å². The zero-order valence-electron chi connectivity index (χ0n) is 8.85. The first-order valence-corrected chi connectivity index (χ1v) is 5.14. The average Bonchev–Trinajstić information content (AvgIpc) is 2.23. The Bertz CT molecular complexity index is 285. The van der Waals surface area contributed by atoms with E-state index in [4.69, 9.17) is 0 Å². The third-order valence-electron chi connectivity index (χ3n) is 1.99. The van der Waals surface area contributed by atoms with Gasteiger partial charge in [0.2, 0.25) is 0 Å². The lowest BCUT2D eigenvalue weighted by atomic mass is 10.3. The molecule has 2 nitrogen and oxygen atoms in total. The second-order valence-corrected chi connectivity index (χ2v) is 3.41. The molecular weight excluding hydrogens is 217 g/mol. The van der Waals surface area contributed by atoms with Crippen molar-refractivity contribution in [2.24, 2.45) is 0 Å². The molecule has 0 bridgehead atoms. The Morgan fingerprint density at radius 1 is 0.938 bits per heavy atom. The molecule has 0 saturated heterocycles. The Morgan fingerprint density at radius 3 is 2.25 bits per heavy atom. The lowest BCUT2D eigenvalue weighted by molar-refractivity contribution is -0.133. The molecule has 1 aromatic carbocycles. The van der Waals surface area contributed by atoms with Crippen LogP contribution in [0.25, 0.3) is 0 Å². The molecule has 0 heterocycles. The number of para-hydroxylation sites is 1. The molecule has 0 aromatic heterocycles. The maximum atomic E-state index is 11.8. The summed E-state index contributed by atoms with van der Waals surface area (Å²) in [6.45, 7) is 1.10.